The minimum Gasteiger partial charge on any atom is -0.455 e. The number of para-hydroxylation sites is 2. The van der Waals surface area contributed by atoms with Crippen molar-refractivity contribution in [1.82, 2.24) is 19.5 Å². The zero-order chi connectivity index (χ0) is 35.0. The summed E-state index contributed by atoms with van der Waals surface area (Å²) in [6.07, 6.45) is 0. The molecule has 0 spiro atoms. The van der Waals surface area contributed by atoms with Gasteiger partial charge >= 0.3 is 5.63 Å². The number of rotatable bonds is 4. The Kier molecular flexibility index (Phi) is 6.27. The molecule has 248 valence electrons. The van der Waals surface area contributed by atoms with Gasteiger partial charge in [-0.15, -0.1) is 0 Å². The molecule has 53 heavy (non-hydrogen) atoms. The summed E-state index contributed by atoms with van der Waals surface area (Å²) < 4.78 is 14.7. The van der Waals surface area contributed by atoms with Crippen molar-refractivity contribution in [2.75, 3.05) is 0 Å². The molecule has 7 heteroatoms. The number of nitrogens with zero attached hydrogens (tertiary/aromatic N) is 4. The lowest BCUT2D eigenvalue weighted by molar-refractivity contribution is 0.571. The van der Waals surface area contributed by atoms with E-state index in [1.165, 1.54) is 0 Å². The van der Waals surface area contributed by atoms with Gasteiger partial charge in [0.15, 0.2) is 17.2 Å². The molecule has 7 aromatic carbocycles. The summed E-state index contributed by atoms with van der Waals surface area (Å²) in [5.74, 6) is 1.47. The van der Waals surface area contributed by atoms with Crippen LogP contribution in [0.2, 0.25) is 0 Å². The van der Waals surface area contributed by atoms with Crippen LogP contribution in [0.1, 0.15) is 0 Å². The summed E-state index contributed by atoms with van der Waals surface area (Å²) in [6.45, 7) is 0. The van der Waals surface area contributed by atoms with Gasteiger partial charge in [0, 0.05) is 43.6 Å². The highest BCUT2D eigenvalue weighted by atomic mass is 16.4. The Morgan fingerprint density at radius 2 is 1.06 bits per heavy atom. The molecule has 0 fully saturated rings. The molecule has 0 unspecified atom stereocenters. The summed E-state index contributed by atoms with van der Waals surface area (Å²) in [7, 11) is 0. The molecule has 4 aromatic heterocycles. The summed E-state index contributed by atoms with van der Waals surface area (Å²) in [4.78, 5) is 28.8. The Labute approximate surface area is 301 Å². The molecular formula is C46H26N4O3. The van der Waals surface area contributed by atoms with Crippen LogP contribution in [0.25, 0.3) is 105 Å². The van der Waals surface area contributed by atoms with Gasteiger partial charge in [0.1, 0.15) is 16.7 Å². The van der Waals surface area contributed by atoms with E-state index < -0.39 is 5.63 Å². The van der Waals surface area contributed by atoms with Gasteiger partial charge in [-0.3, -0.25) is 4.57 Å². The van der Waals surface area contributed by atoms with Gasteiger partial charge < -0.3 is 8.83 Å². The van der Waals surface area contributed by atoms with Crippen LogP contribution in [0.4, 0.5) is 0 Å². The smallest absolute Gasteiger partial charge is 0.344 e. The lowest BCUT2D eigenvalue weighted by Gasteiger charge is -2.12. The third-order valence-electron chi connectivity index (χ3n) is 10.1. The first-order valence-electron chi connectivity index (χ1n) is 17.4. The van der Waals surface area contributed by atoms with Gasteiger partial charge in [0.2, 0.25) is 5.95 Å². The Morgan fingerprint density at radius 1 is 0.434 bits per heavy atom. The Hall–Kier alpha value is -7.38. The molecule has 4 heterocycles. The molecule has 7 nitrogen and oxygen atoms in total. The van der Waals surface area contributed by atoms with E-state index >= 15 is 0 Å². The second-order valence-corrected chi connectivity index (χ2v) is 13.1. The number of fused-ring (bicyclic) bond motifs is 10. The van der Waals surface area contributed by atoms with Crippen molar-refractivity contribution in [3.05, 3.63) is 168 Å². The molecule has 0 saturated carbocycles. The third-order valence-corrected chi connectivity index (χ3v) is 10.1. The second kappa shape index (κ2) is 11.3. The predicted molar refractivity (Wildman–Crippen MR) is 211 cm³/mol. The van der Waals surface area contributed by atoms with Crippen molar-refractivity contribution in [3.63, 3.8) is 0 Å². The lowest BCUT2D eigenvalue weighted by Crippen LogP contribution is -2.07. The van der Waals surface area contributed by atoms with Gasteiger partial charge in [-0.2, -0.15) is 9.97 Å². The fourth-order valence-corrected chi connectivity index (χ4v) is 7.68. The number of hydrogen-bond acceptors (Lipinski definition) is 6. The van der Waals surface area contributed by atoms with E-state index in [1.807, 2.05) is 108 Å². The van der Waals surface area contributed by atoms with Gasteiger partial charge in [-0.05, 0) is 41.3 Å². The molecule has 0 aliphatic heterocycles. The van der Waals surface area contributed by atoms with Crippen molar-refractivity contribution in [3.8, 4) is 39.9 Å². The molecule has 0 amide bonds. The summed E-state index contributed by atoms with van der Waals surface area (Å²) >= 11 is 0. The van der Waals surface area contributed by atoms with Crippen LogP contribution >= 0.6 is 0 Å². The topological polar surface area (TPSA) is 87.0 Å². The minimum atomic E-state index is -0.403. The van der Waals surface area contributed by atoms with E-state index in [9.17, 15) is 4.79 Å². The first-order valence-corrected chi connectivity index (χ1v) is 17.4. The normalized spacial score (nSPS) is 11.8. The van der Waals surface area contributed by atoms with E-state index in [4.69, 9.17) is 23.8 Å². The van der Waals surface area contributed by atoms with Crippen molar-refractivity contribution < 1.29 is 8.83 Å². The highest BCUT2D eigenvalue weighted by molar-refractivity contribution is 6.21. The second-order valence-electron chi connectivity index (χ2n) is 13.1. The summed E-state index contributed by atoms with van der Waals surface area (Å²) in [6, 6.07) is 52.2. The average molecular weight is 683 g/mol. The van der Waals surface area contributed by atoms with Crippen molar-refractivity contribution in [2.24, 2.45) is 0 Å². The standard InChI is InChI=1S/C46H26N4O3/c51-45-36-18-8-7-16-31(36)35-24-23-33-37-26-29(30-19-11-20-34-32-17-9-10-21-39(32)52-41(30)34)22-25-38(37)50(40(33)42(35)53-45)46-48-43(27-12-3-1-4-13-27)47-44(49-46)28-14-5-2-6-15-28/h1-26H. The first kappa shape index (κ1) is 29.4. The van der Waals surface area contributed by atoms with Crippen LogP contribution in [0.5, 0.6) is 0 Å². The van der Waals surface area contributed by atoms with Crippen LogP contribution in [-0.2, 0) is 0 Å². The quantitative estimate of drug-likeness (QED) is 0.136. The molecule has 0 aliphatic rings. The van der Waals surface area contributed by atoms with Crippen molar-refractivity contribution >= 4 is 65.5 Å². The maximum atomic E-state index is 13.6. The summed E-state index contributed by atoms with van der Waals surface area (Å²) in [5, 5.41) is 6.16. The number of benzene rings is 7. The van der Waals surface area contributed by atoms with Gasteiger partial charge in [0.25, 0.3) is 0 Å². The zero-order valence-corrected chi connectivity index (χ0v) is 28.0. The molecule has 0 bridgehead atoms. The molecule has 0 N–H and O–H groups in total. The minimum absolute atomic E-state index is 0.403. The summed E-state index contributed by atoms with van der Waals surface area (Å²) in [5.41, 5.74) is 6.99. The van der Waals surface area contributed by atoms with Crippen LogP contribution in [-0.4, -0.2) is 19.5 Å². The molecular weight excluding hydrogens is 657 g/mol. The number of furan rings is 1. The van der Waals surface area contributed by atoms with Gasteiger partial charge in [-0.1, -0.05) is 127 Å². The fourth-order valence-electron chi connectivity index (χ4n) is 7.68. The SMILES string of the molecule is O=c1oc2c(ccc3c4cc(-c5cccc6c5oc5ccccc56)ccc4n(-c4nc(-c5ccccc5)nc(-c5ccccc5)n4)c32)c2ccccc12. The third kappa shape index (κ3) is 4.47. The first-order chi connectivity index (χ1) is 26.2. The maximum Gasteiger partial charge on any atom is 0.344 e. The van der Waals surface area contributed by atoms with Crippen LogP contribution < -0.4 is 5.63 Å². The maximum absolute atomic E-state index is 13.6. The van der Waals surface area contributed by atoms with Crippen molar-refractivity contribution in [1.29, 1.82) is 0 Å². The molecule has 11 rings (SSSR count). The number of hydrogen-bond donors (Lipinski definition) is 0. The Bertz CT molecular complexity index is 3250. The van der Waals surface area contributed by atoms with Crippen LogP contribution in [0.15, 0.2) is 171 Å². The molecule has 0 aliphatic carbocycles. The Morgan fingerprint density at radius 3 is 1.81 bits per heavy atom. The average Bonchev–Trinajstić information content (AvgIpc) is 3.77. The van der Waals surface area contributed by atoms with E-state index in [0.717, 1.165) is 71.3 Å². The molecule has 11 aromatic rings. The molecule has 0 saturated heterocycles. The van der Waals surface area contributed by atoms with E-state index in [1.54, 1.807) is 6.07 Å². The van der Waals surface area contributed by atoms with Crippen molar-refractivity contribution in [2.45, 2.75) is 0 Å². The highest BCUT2D eigenvalue weighted by Gasteiger charge is 2.23. The highest BCUT2D eigenvalue weighted by Crippen LogP contribution is 2.41. The van der Waals surface area contributed by atoms with E-state index in [2.05, 4.69) is 48.5 Å². The lowest BCUT2D eigenvalue weighted by atomic mass is 10.00. The van der Waals surface area contributed by atoms with Crippen LogP contribution in [0.3, 0.4) is 0 Å². The predicted octanol–water partition coefficient (Wildman–Crippen LogP) is 11.1. The van der Waals surface area contributed by atoms with E-state index in [0.29, 0.717) is 34.1 Å². The monoisotopic (exact) mass is 682 g/mol. The fraction of sp³-hybridized carbons (Fsp3) is 0. The van der Waals surface area contributed by atoms with Gasteiger partial charge in [-0.25, -0.2) is 9.78 Å². The zero-order valence-electron chi connectivity index (χ0n) is 28.0. The Balaban J connectivity index is 1.26. The van der Waals surface area contributed by atoms with E-state index in [-0.39, 0.29) is 0 Å². The molecule has 0 atom stereocenters. The van der Waals surface area contributed by atoms with Crippen LogP contribution in [0, 0.1) is 0 Å². The molecule has 0 radical (unpaired) electrons. The van der Waals surface area contributed by atoms with Gasteiger partial charge in [0.05, 0.1) is 10.9 Å². The number of aromatic nitrogens is 4. The largest absolute Gasteiger partial charge is 0.455 e.